The van der Waals surface area contributed by atoms with Crippen LogP contribution in [-0.2, 0) is 14.3 Å². The van der Waals surface area contributed by atoms with E-state index < -0.39 is 6.04 Å². The van der Waals surface area contributed by atoms with Crippen LogP contribution in [0.4, 0.5) is 0 Å². The molecule has 1 atom stereocenters. The minimum Gasteiger partial charge on any atom is -0.484 e. The summed E-state index contributed by atoms with van der Waals surface area (Å²) in [6.07, 6.45) is 4.48. The minimum atomic E-state index is -0.411. The van der Waals surface area contributed by atoms with Crippen LogP contribution in [-0.4, -0.2) is 48.2 Å². The number of benzene rings is 1. The molecule has 0 aromatic heterocycles. The maximum Gasteiger partial charge on any atom is 0.338 e. The summed E-state index contributed by atoms with van der Waals surface area (Å²) in [5.41, 5.74) is 2.02. The second-order valence-electron chi connectivity index (χ2n) is 7.44. The molecule has 2 aliphatic heterocycles. The Balaban J connectivity index is 1.66. The highest BCUT2D eigenvalue weighted by Gasteiger charge is 2.30. The van der Waals surface area contributed by atoms with Crippen molar-refractivity contribution in [1.82, 2.24) is 15.5 Å². The van der Waals surface area contributed by atoms with Gasteiger partial charge in [0, 0.05) is 18.8 Å². The lowest BCUT2D eigenvalue weighted by Gasteiger charge is -2.29. The van der Waals surface area contributed by atoms with Crippen LogP contribution in [0.25, 0.3) is 0 Å². The zero-order valence-corrected chi connectivity index (χ0v) is 18.3. The van der Waals surface area contributed by atoms with Gasteiger partial charge in [-0.3, -0.25) is 4.79 Å². The molecule has 0 unspecified atom stereocenters. The fourth-order valence-corrected chi connectivity index (χ4v) is 4.01. The van der Waals surface area contributed by atoms with E-state index >= 15 is 0 Å². The van der Waals surface area contributed by atoms with Gasteiger partial charge in [-0.2, -0.15) is 0 Å². The molecule has 2 heterocycles. The Kier molecular flexibility index (Phi) is 7.68. The van der Waals surface area contributed by atoms with Crippen LogP contribution in [0.1, 0.15) is 51.1 Å². The van der Waals surface area contributed by atoms with Crippen molar-refractivity contribution < 1.29 is 19.1 Å². The summed E-state index contributed by atoms with van der Waals surface area (Å²) in [6, 6.07) is 6.92. The third-order valence-electron chi connectivity index (χ3n) is 5.30. The quantitative estimate of drug-likeness (QED) is 0.530. The van der Waals surface area contributed by atoms with Gasteiger partial charge in [-0.1, -0.05) is 25.0 Å². The lowest BCUT2D eigenvalue weighted by Crippen LogP contribution is -2.45. The van der Waals surface area contributed by atoms with Crippen molar-refractivity contribution >= 4 is 29.2 Å². The summed E-state index contributed by atoms with van der Waals surface area (Å²) < 4.78 is 10.9. The maximum atomic E-state index is 12.4. The number of nitrogens with zero attached hydrogens (tertiary/aromatic N) is 1. The predicted molar refractivity (Wildman–Crippen MR) is 118 cm³/mol. The van der Waals surface area contributed by atoms with E-state index in [-0.39, 0.29) is 18.5 Å². The Hall–Kier alpha value is -2.61. The number of nitrogens with one attached hydrogen (secondary N) is 2. The molecule has 8 heteroatoms. The van der Waals surface area contributed by atoms with Gasteiger partial charge >= 0.3 is 5.97 Å². The first-order valence-electron chi connectivity index (χ1n) is 10.5. The standard InChI is InChI=1S/C22H29N3O4S/c1-3-28-21(27)19-15(2)23-22(30)24-20(19)16-8-10-17(11-9-16)29-14-18(26)25-12-6-4-5-7-13-25/h8-11,20H,3-7,12-14H2,1-2H3,(H2,23,24,30)/t20-/m1/s1. The Morgan fingerprint density at radius 2 is 1.80 bits per heavy atom. The van der Waals surface area contributed by atoms with Crippen LogP contribution in [0.2, 0.25) is 0 Å². The molecule has 162 valence electrons. The van der Waals surface area contributed by atoms with Crippen LogP contribution in [0, 0.1) is 0 Å². The second-order valence-corrected chi connectivity index (χ2v) is 7.85. The number of hydrogen-bond donors (Lipinski definition) is 2. The normalized spacial score (nSPS) is 19.5. The number of amides is 1. The van der Waals surface area contributed by atoms with Gasteiger partial charge in [-0.25, -0.2) is 4.79 Å². The lowest BCUT2D eigenvalue weighted by atomic mass is 9.95. The zero-order valence-electron chi connectivity index (χ0n) is 17.5. The highest BCUT2D eigenvalue weighted by Crippen LogP contribution is 2.29. The number of rotatable bonds is 6. The van der Waals surface area contributed by atoms with E-state index in [0.29, 0.717) is 28.7 Å². The molecule has 0 radical (unpaired) electrons. The van der Waals surface area contributed by atoms with Gasteiger partial charge in [-0.05, 0) is 56.6 Å². The molecule has 1 saturated heterocycles. The maximum absolute atomic E-state index is 12.4. The summed E-state index contributed by atoms with van der Waals surface area (Å²) in [7, 11) is 0. The molecular weight excluding hydrogens is 402 g/mol. The van der Waals surface area contributed by atoms with Crippen LogP contribution in [0.3, 0.4) is 0 Å². The van der Waals surface area contributed by atoms with E-state index in [1.807, 2.05) is 17.0 Å². The topological polar surface area (TPSA) is 79.9 Å². The van der Waals surface area contributed by atoms with Crippen molar-refractivity contribution in [1.29, 1.82) is 0 Å². The molecular formula is C22H29N3O4S. The van der Waals surface area contributed by atoms with E-state index in [2.05, 4.69) is 10.6 Å². The summed E-state index contributed by atoms with van der Waals surface area (Å²) >= 11 is 5.26. The Morgan fingerprint density at radius 3 is 2.43 bits per heavy atom. The number of ether oxygens (including phenoxy) is 2. The van der Waals surface area contributed by atoms with Crippen molar-refractivity contribution in [2.75, 3.05) is 26.3 Å². The van der Waals surface area contributed by atoms with Crippen LogP contribution in [0.15, 0.2) is 35.5 Å². The first kappa shape index (κ1) is 22.1. The summed E-state index contributed by atoms with van der Waals surface area (Å²) in [5, 5.41) is 6.56. The number of allylic oxidation sites excluding steroid dienone is 1. The van der Waals surface area contributed by atoms with Gasteiger partial charge in [0.15, 0.2) is 11.7 Å². The first-order chi connectivity index (χ1) is 14.5. The van der Waals surface area contributed by atoms with Gasteiger partial charge in [0.2, 0.25) is 0 Å². The molecule has 2 aliphatic rings. The number of thiocarbonyl (C=S) groups is 1. The van der Waals surface area contributed by atoms with Crippen molar-refractivity contribution in [3.05, 3.63) is 41.1 Å². The number of hydrogen-bond acceptors (Lipinski definition) is 5. The van der Waals surface area contributed by atoms with Crippen molar-refractivity contribution in [3.63, 3.8) is 0 Å². The van der Waals surface area contributed by atoms with E-state index in [1.165, 1.54) is 12.8 Å². The molecule has 3 rings (SSSR count). The molecule has 0 bridgehead atoms. The molecule has 1 amide bonds. The van der Waals surface area contributed by atoms with E-state index in [1.54, 1.807) is 26.0 Å². The number of likely N-dealkylation sites (tertiary alicyclic amines) is 1. The first-order valence-corrected chi connectivity index (χ1v) is 10.9. The van der Waals surface area contributed by atoms with Gasteiger partial charge in [-0.15, -0.1) is 0 Å². The number of carbonyl (C=O) groups is 2. The highest BCUT2D eigenvalue weighted by molar-refractivity contribution is 7.80. The monoisotopic (exact) mass is 431 g/mol. The summed E-state index contributed by atoms with van der Waals surface area (Å²) in [6.45, 7) is 5.52. The van der Waals surface area contributed by atoms with E-state index in [0.717, 1.165) is 31.5 Å². The van der Waals surface area contributed by atoms with Crippen molar-refractivity contribution in [2.24, 2.45) is 0 Å². The van der Waals surface area contributed by atoms with Gasteiger partial charge in [0.1, 0.15) is 5.75 Å². The second kappa shape index (κ2) is 10.4. The zero-order chi connectivity index (χ0) is 21.5. The number of esters is 1. The Labute approximate surface area is 182 Å². The Bertz CT molecular complexity index is 814. The van der Waals surface area contributed by atoms with Gasteiger partial charge in [0.25, 0.3) is 5.91 Å². The molecule has 0 spiro atoms. The third-order valence-corrected chi connectivity index (χ3v) is 5.52. The largest absolute Gasteiger partial charge is 0.484 e. The fourth-order valence-electron chi connectivity index (χ4n) is 3.74. The Morgan fingerprint density at radius 1 is 1.13 bits per heavy atom. The molecule has 1 aromatic rings. The summed E-state index contributed by atoms with van der Waals surface area (Å²) in [5.74, 6) is 0.247. The smallest absolute Gasteiger partial charge is 0.338 e. The van der Waals surface area contributed by atoms with E-state index in [4.69, 9.17) is 21.7 Å². The molecule has 1 aromatic carbocycles. The van der Waals surface area contributed by atoms with Gasteiger partial charge < -0.3 is 25.0 Å². The van der Waals surface area contributed by atoms with Gasteiger partial charge in [0.05, 0.1) is 18.2 Å². The molecule has 30 heavy (non-hydrogen) atoms. The average Bonchev–Trinajstić information content (AvgIpc) is 3.01. The fraction of sp³-hybridized carbons (Fsp3) is 0.500. The number of carbonyl (C=O) groups excluding carboxylic acids is 2. The predicted octanol–water partition coefficient (Wildman–Crippen LogP) is 2.82. The molecule has 0 saturated carbocycles. The van der Waals surface area contributed by atoms with E-state index in [9.17, 15) is 9.59 Å². The molecule has 7 nitrogen and oxygen atoms in total. The molecule has 1 fully saturated rings. The van der Waals surface area contributed by atoms with Crippen LogP contribution >= 0.6 is 12.2 Å². The minimum absolute atomic E-state index is 0.0227. The average molecular weight is 432 g/mol. The third kappa shape index (κ3) is 5.50. The molecule has 0 aliphatic carbocycles. The van der Waals surface area contributed by atoms with Crippen LogP contribution < -0.4 is 15.4 Å². The highest BCUT2D eigenvalue weighted by atomic mass is 32.1. The SMILES string of the molecule is CCOC(=O)C1=C(C)NC(=S)N[C@@H]1c1ccc(OCC(=O)N2CCCCCC2)cc1. The van der Waals surface area contributed by atoms with Crippen LogP contribution in [0.5, 0.6) is 5.75 Å². The lowest BCUT2D eigenvalue weighted by molar-refractivity contribution is -0.139. The van der Waals surface area contributed by atoms with Crippen molar-refractivity contribution in [3.8, 4) is 5.75 Å². The van der Waals surface area contributed by atoms with Crippen molar-refractivity contribution in [2.45, 2.75) is 45.6 Å². The summed E-state index contributed by atoms with van der Waals surface area (Å²) in [4.78, 5) is 26.7. The molecule has 2 N–H and O–H groups in total.